The molecule has 0 aliphatic rings. The summed E-state index contributed by atoms with van der Waals surface area (Å²) in [5.41, 5.74) is 5.94. The molecule has 0 saturated carbocycles. The second kappa shape index (κ2) is 13.8. The maximum atomic E-state index is 12.5. The minimum absolute atomic E-state index is 0.214. The average molecular weight is 649 g/mol. The number of amides is 3. The van der Waals surface area contributed by atoms with Gasteiger partial charge in [-0.3, -0.25) is 14.4 Å². The first-order valence-corrected chi connectivity index (χ1v) is 13.0. The fraction of sp³-hybridized carbons (Fsp3) is 0.185. The van der Waals surface area contributed by atoms with Gasteiger partial charge < -0.3 is 20.1 Å². The van der Waals surface area contributed by atoms with E-state index in [2.05, 4.69) is 43.8 Å². The predicted molar refractivity (Wildman–Crippen MR) is 156 cm³/mol. The van der Waals surface area contributed by atoms with Crippen LogP contribution < -0.4 is 25.5 Å². The van der Waals surface area contributed by atoms with Gasteiger partial charge in [-0.15, -0.1) is 0 Å². The van der Waals surface area contributed by atoms with Gasteiger partial charge in [-0.1, -0.05) is 29.8 Å². The average Bonchev–Trinajstić information content (AvgIpc) is 2.86. The third-order valence-electron chi connectivity index (χ3n) is 5.23. The number of aryl methyl sites for hydroxylation is 1. The molecule has 3 amide bonds. The van der Waals surface area contributed by atoms with E-state index < -0.39 is 11.8 Å². The van der Waals surface area contributed by atoms with Crippen molar-refractivity contribution >= 4 is 69.5 Å². The number of ether oxygens (including phenoxy) is 2. The molecule has 0 radical (unpaired) electrons. The van der Waals surface area contributed by atoms with Crippen LogP contribution in [0.4, 0.5) is 11.4 Å². The van der Waals surface area contributed by atoms with Gasteiger partial charge in [0, 0.05) is 16.4 Å². The zero-order valence-corrected chi connectivity index (χ0v) is 23.8. The van der Waals surface area contributed by atoms with Crippen LogP contribution in [0.5, 0.6) is 11.5 Å². The summed E-state index contributed by atoms with van der Waals surface area (Å²) in [4.78, 5) is 36.7. The molecule has 0 aliphatic heterocycles. The van der Waals surface area contributed by atoms with Crippen LogP contribution in [0.2, 0.25) is 5.02 Å². The molecule has 3 rings (SSSR count). The highest BCUT2D eigenvalue weighted by molar-refractivity contribution is 14.1. The molecule has 0 heterocycles. The summed E-state index contributed by atoms with van der Waals surface area (Å²) < 4.78 is 12.2. The summed E-state index contributed by atoms with van der Waals surface area (Å²) in [6.45, 7) is 5.89. The summed E-state index contributed by atoms with van der Waals surface area (Å²) in [6.07, 6.45) is 1.37. The third-order valence-corrected chi connectivity index (χ3v) is 6.26. The first-order valence-electron chi connectivity index (χ1n) is 11.5. The third kappa shape index (κ3) is 8.18. The molecule has 3 aromatic rings. The summed E-state index contributed by atoms with van der Waals surface area (Å²) >= 11 is 7.94. The van der Waals surface area contributed by atoms with Crippen LogP contribution in [0.25, 0.3) is 0 Å². The van der Waals surface area contributed by atoms with E-state index in [0.29, 0.717) is 37.9 Å². The Hall–Kier alpha value is -3.64. The minimum Gasteiger partial charge on any atom is -0.490 e. The van der Waals surface area contributed by atoms with Crippen molar-refractivity contribution < 1.29 is 23.9 Å². The number of anilines is 2. The molecule has 9 nitrogen and oxygen atoms in total. The number of hydrogen-bond acceptors (Lipinski definition) is 6. The molecule has 0 bridgehead atoms. The molecule has 3 N–H and O–H groups in total. The molecule has 0 saturated heterocycles. The van der Waals surface area contributed by atoms with Gasteiger partial charge in [-0.05, 0) is 96.5 Å². The van der Waals surface area contributed by atoms with Gasteiger partial charge in [0.05, 0.1) is 16.4 Å². The SMILES string of the molecule is CCOc1cc(/C=N\NC(=O)C(=O)Nc2cccc(Cl)c2)cc(I)c1OCC(=O)Nc1cccc(C)c1C. The predicted octanol–water partition coefficient (Wildman–Crippen LogP) is 5.07. The van der Waals surface area contributed by atoms with Crippen LogP contribution in [0.1, 0.15) is 23.6 Å². The van der Waals surface area contributed by atoms with E-state index in [0.717, 1.165) is 16.8 Å². The lowest BCUT2D eigenvalue weighted by atomic mass is 10.1. The fourth-order valence-corrected chi connectivity index (χ4v) is 4.22. The largest absolute Gasteiger partial charge is 0.490 e. The van der Waals surface area contributed by atoms with Crippen molar-refractivity contribution in [3.05, 3.63) is 79.9 Å². The van der Waals surface area contributed by atoms with Gasteiger partial charge in [0.2, 0.25) is 0 Å². The van der Waals surface area contributed by atoms with Gasteiger partial charge >= 0.3 is 11.8 Å². The van der Waals surface area contributed by atoms with Gasteiger partial charge in [0.25, 0.3) is 5.91 Å². The van der Waals surface area contributed by atoms with Crippen LogP contribution in [-0.2, 0) is 14.4 Å². The summed E-state index contributed by atoms with van der Waals surface area (Å²) in [5.74, 6) is -1.33. The monoisotopic (exact) mass is 648 g/mol. The van der Waals surface area contributed by atoms with E-state index in [9.17, 15) is 14.4 Å². The second-order valence-electron chi connectivity index (χ2n) is 8.01. The lowest BCUT2D eigenvalue weighted by Gasteiger charge is -2.15. The lowest BCUT2D eigenvalue weighted by molar-refractivity contribution is -0.136. The Labute approximate surface area is 239 Å². The molecule has 198 valence electrons. The highest BCUT2D eigenvalue weighted by Crippen LogP contribution is 2.34. The van der Waals surface area contributed by atoms with Gasteiger partial charge in [-0.2, -0.15) is 5.10 Å². The number of benzene rings is 3. The maximum Gasteiger partial charge on any atom is 0.329 e. The van der Waals surface area contributed by atoms with E-state index in [1.807, 2.05) is 39.0 Å². The quantitative estimate of drug-likeness (QED) is 0.130. The number of nitrogens with zero attached hydrogens (tertiary/aromatic N) is 1. The molecule has 0 aromatic heterocycles. The van der Waals surface area contributed by atoms with E-state index in [1.165, 1.54) is 12.3 Å². The summed E-state index contributed by atoms with van der Waals surface area (Å²) in [6, 6.07) is 15.5. The number of rotatable bonds is 9. The maximum absolute atomic E-state index is 12.5. The zero-order chi connectivity index (χ0) is 27.7. The van der Waals surface area contributed by atoms with Crippen LogP contribution in [0.3, 0.4) is 0 Å². The van der Waals surface area contributed by atoms with Crippen molar-refractivity contribution in [1.82, 2.24) is 5.43 Å². The van der Waals surface area contributed by atoms with Crippen LogP contribution in [0, 0.1) is 17.4 Å². The first-order chi connectivity index (χ1) is 18.2. The van der Waals surface area contributed by atoms with Crippen molar-refractivity contribution in [3.8, 4) is 11.5 Å². The molecule has 0 fully saturated rings. The first kappa shape index (κ1) is 28.9. The topological polar surface area (TPSA) is 118 Å². The van der Waals surface area contributed by atoms with Crippen molar-refractivity contribution in [1.29, 1.82) is 0 Å². The molecule has 0 aliphatic carbocycles. The van der Waals surface area contributed by atoms with Crippen molar-refractivity contribution in [2.45, 2.75) is 20.8 Å². The van der Waals surface area contributed by atoms with Gasteiger partial charge in [0.1, 0.15) is 0 Å². The van der Waals surface area contributed by atoms with Crippen LogP contribution in [-0.4, -0.2) is 37.1 Å². The zero-order valence-electron chi connectivity index (χ0n) is 20.9. The summed E-state index contributed by atoms with van der Waals surface area (Å²) in [5, 5.41) is 9.58. The number of halogens is 2. The van der Waals surface area contributed by atoms with E-state index >= 15 is 0 Å². The van der Waals surface area contributed by atoms with Gasteiger partial charge in [0.15, 0.2) is 18.1 Å². The number of hydrazone groups is 1. The highest BCUT2D eigenvalue weighted by Gasteiger charge is 2.16. The van der Waals surface area contributed by atoms with Crippen molar-refractivity contribution in [2.24, 2.45) is 5.10 Å². The molecule has 3 aromatic carbocycles. The van der Waals surface area contributed by atoms with Crippen LogP contribution in [0.15, 0.2) is 59.7 Å². The molecular formula is C27H26ClIN4O5. The van der Waals surface area contributed by atoms with E-state index in [1.54, 1.807) is 30.3 Å². The van der Waals surface area contributed by atoms with Gasteiger partial charge in [-0.25, -0.2) is 5.43 Å². The standard InChI is InChI=1S/C27H26ClIN4O5/c1-4-37-23-12-18(14-30-33-27(36)26(35)31-20-9-6-8-19(28)13-20)11-21(29)25(23)38-15-24(34)32-22-10-5-7-16(2)17(22)3/h5-14H,4,15H2,1-3H3,(H,31,35)(H,32,34)(H,33,36)/b30-14-. The normalized spacial score (nSPS) is 10.7. The second-order valence-corrected chi connectivity index (χ2v) is 9.61. The van der Waals surface area contributed by atoms with Crippen molar-refractivity contribution in [2.75, 3.05) is 23.8 Å². The Morgan fingerprint density at radius 1 is 1.00 bits per heavy atom. The van der Waals surface area contributed by atoms with E-state index in [-0.39, 0.29) is 12.5 Å². The molecule has 0 unspecified atom stereocenters. The molecule has 38 heavy (non-hydrogen) atoms. The van der Waals surface area contributed by atoms with Crippen molar-refractivity contribution in [3.63, 3.8) is 0 Å². The number of hydrogen-bond donors (Lipinski definition) is 3. The Kier molecular flexibility index (Phi) is 10.5. The lowest BCUT2D eigenvalue weighted by Crippen LogP contribution is -2.32. The Morgan fingerprint density at radius 3 is 2.50 bits per heavy atom. The Bertz CT molecular complexity index is 1380. The molecule has 11 heteroatoms. The smallest absolute Gasteiger partial charge is 0.329 e. The fourth-order valence-electron chi connectivity index (χ4n) is 3.25. The highest BCUT2D eigenvalue weighted by atomic mass is 127. The Morgan fingerprint density at radius 2 is 1.76 bits per heavy atom. The summed E-state index contributed by atoms with van der Waals surface area (Å²) in [7, 11) is 0. The number of carbonyl (C=O) groups is 3. The van der Waals surface area contributed by atoms with E-state index in [4.69, 9.17) is 21.1 Å². The molecular weight excluding hydrogens is 623 g/mol. The number of carbonyl (C=O) groups excluding carboxylic acids is 3. The van der Waals surface area contributed by atoms with Crippen LogP contribution >= 0.6 is 34.2 Å². The number of nitrogens with one attached hydrogen (secondary N) is 3. The molecule has 0 spiro atoms. The molecule has 0 atom stereocenters. The Balaban J connectivity index is 1.63. The minimum atomic E-state index is -0.948.